The van der Waals surface area contributed by atoms with E-state index < -0.39 is 154 Å². The Balaban J connectivity index is 1.19. The molecule has 78 heavy (non-hydrogen) atoms. The number of hydrogen-bond acceptors (Lipinski definition) is 17. The molecule has 0 radical (unpaired) electrons. The van der Waals surface area contributed by atoms with Crippen molar-refractivity contribution >= 4 is 35.1 Å². The largest absolute Gasteiger partial charge is 0.507 e. The number of carbonyl (C=O) groups is 6. The summed E-state index contributed by atoms with van der Waals surface area (Å²) in [5.74, 6) is -12.4. The Kier molecular flexibility index (Phi) is 17.7. The predicted molar refractivity (Wildman–Crippen MR) is 269 cm³/mol. The van der Waals surface area contributed by atoms with E-state index in [1.807, 2.05) is 0 Å². The number of ether oxygens (including phenoxy) is 7. The van der Waals surface area contributed by atoms with Gasteiger partial charge in [0.25, 0.3) is 11.7 Å². The number of halogens is 3. The molecule has 2 saturated heterocycles. The number of Topliss-reactive ketones (excluding diaryl/α,β-unsaturated/α-hetero) is 2. The Labute approximate surface area is 448 Å². The van der Waals surface area contributed by atoms with Crippen LogP contribution in [0.3, 0.4) is 0 Å². The number of phenols is 1. The van der Waals surface area contributed by atoms with E-state index in [0.29, 0.717) is 5.56 Å². The van der Waals surface area contributed by atoms with Crippen molar-refractivity contribution in [1.82, 2.24) is 10.6 Å². The minimum Gasteiger partial charge on any atom is -0.507 e. The van der Waals surface area contributed by atoms with Gasteiger partial charge in [-0.25, -0.2) is 0 Å². The predicted octanol–water partition coefficient (Wildman–Crippen LogP) is 5.97. The number of aliphatic hydroxyl groups is 3. The van der Waals surface area contributed by atoms with Gasteiger partial charge in [-0.05, 0) is 65.3 Å². The first-order valence-corrected chi connectivity index (χ1v) is 25.6. The third-order valence-electron chi connectivity index (χ3n) is 15.3. The number of alkyl halides is 3. The van der Waals surface area contributed by atoms with Crippen LogP contribution in [0, 0.1) is 36.0 Å². The molecule has 2 aromatic rings. The van der Waals surface area contributed by atoms with E-state index in [1.54, 1.807) is 20.8 Å². The Bertz CT molecular complexity index is 2810. The fraction of sp³-hybridized carbons (Fsp3) is 0.536. The summed E-state index contributed by atoms with van der Waals surface area (Å²) in [6.45, 7) is 14.8. The number of carbonyl (C=O) groups excluding carboxylic acids is 6. The van der Waals surface area contributed by atoms with Crippen molar-refractivity contribution in [3.8, 4) is 11.5 Å². The van der Waals surface area contributed by atoms with Gasteiger partial charge in [-0.2, -0.15) is 13.2 Å². The van der Waals surface area contributed by atoms with Crippen molar-refractivity contribution in [2.75, 3.05) is 6.79 Å². The lowest BCUT2D eigenvalue weighted by molar-refractivity contribution is -0.245. The number of allylic oxidation sites excluding steroid dienone is 4. The van der Waals surface area contributed by atoms with Gasteiger partial charge < -0.3 is 64.2 Å². The average molecular weight is 1100 g/mol. The van der Waals surface area contributed by atoms with E-state index in [9.17, 15) is 62.4 Å². The monoisotopic (exact) mass is 1100 g/mol. The first-order chi connectivity index (χ1) is 36.4. The summed E-state index contributed by atoms with van der Waals surface area (Å²) < 4.78 is 81.3. The smallest absolute Gasteiger partial charge is 0.416 e. The molecule has 22 heteroatoms. The van der Waals surface area contributed by atoms with Crippen molar-refractivity contribution in [3.63, 3.8) is 0 Å². The molecular formula is C56H67F3N2O17. The van der Waals surface area contributed by atoms with Gasteiger partial charge in [0.1, 0.15) is 30.5 Å². The van der Waals surface area contributed by atoms with E-state index in [4.69, 9.17) is 33.2 Å². The van der Waals surface area contributed by atoms with Crippen LogP contribution < -0.4 is 15.4 Å². The van der Waals surface area contributed by atoms with Gasteiger partial charge in [-0.15, -0.1) is 0 Å². The van der Waals surface area contributed by atoms with Crippen LogP contribution in [0.25, 0.3) is 0 Å². The van der Waals surface area contributed by atoms with Crippen LogP contribution in [0.1, 0.15) is 123 Å². The molecule has 0 spiro atoms. The SMILES string of the molecule is C/C1=C/C=C/[C@H](C(C)OC(=O)C(C)(C)CC(=O)NCc2ccc(C(F)(F)F)cc2)[C@H](O)[C@@H](C)[C@@H](O)[C@@H](C)[C@H](O)[C@H](C)[C@@H](O[C@H]2C[C@@H]3OCO[C@@H]3[C@@H](C)O2)/C=C/O[C@@]2(C)Oc3c(C)c(O)c4c(c3C2=O)C(=O)C=C(NC1=O)C4=O. The lowest BCUT2D eigenvalue weighted by Crippen LogP contribution is -2.49. The maximum absolute atomic E-state index is 14.3. The normalized spacial score (nSPS) is 32.8. The molecule has 424 valence electrons. The molecule has 19 nitrogen and oxygen atoms in total. The zero-order chi connectivity index (χ0) is 57.5. The molecule has 6 N–H and O–H groups in total. The third-order valence-corrected chi connectivity index (χ3v) is 15.3. The Hall–Kier alpha value is -6.27. The van der Waals surface area contributed by atoms with E-state index in [0.717, 1.165) is 24.5 Å². The summed E-state index contributed by atoms with van der Waals surface area (Å²) >= 11 is 0. The standard InChI is InChI=1S/C56H67F3N2O17/c1-25-12-11-13-34(30(6)76-53(71)54(8,9)22-39(63)60-23-32-14-16-33(17-15-32)56(57,58)59)46(66)28(4)45(65)27(3)44(64)26(2)37(77-40-21-38-50(31(7)75-40)73-24-72-38)18-19-74-55(10)51(69)43-41-36(62)20-35(61-52(25)70)48(68)42(41)47(67)29(5)49(43)78-55/h11-20,26-28,30-31,34,37-38,40,44-46,50,64-67H,21-24H2,1-10H3,(H,60,63)(H,61,70)/b13-11+,19-18+,25-12-/t26-,27+,28+,30?,31-,34-,37+,38+,40+,44-,45+,46-,50-,55+/m1/s1. The number of esters is 1. The number of phenolic OH excluding ortho intramolecular Hbond substituents is 1. The van der Waals surface area contributed by atoms with Crippen LogP contribution in [0.5, 0.6) is 11.5 Å². The molecule has 14 atom stereocenters. The summed E-state index contributed by atoms with van der Waals surface area (Å²) in [7, 11) is 0. The number of nitrogens with one attached hydrogen (secondary N) is 2. The number of amides is 2. The summed E-state index contributed by atoms with van der Waals surface area (Å²) in [5.41, 5.74) is -3.96. The van der Waals surface area contributed by atoms with E-state index >= 15 is 0 Å². The number of fused-ring (bicyclic) bond motifs is 15. The van der Waals surface area contributed by atoms with Crippen LogP contribution >= 0.6 is 0 Å². The van der Waals surface area contributed by atoms with E-state index in [2.05, 4.69) is 10.6 Å². The third kappa shape index (κ3) is 12.3. The molecule has 5 bridgehead atoms. The van der Waals surface area contributed by atoms with Crippen molar-refractivity contribution in [1.29, 1.82) is 0 Å². The maximum atomic E-state index is 14.3. The second-order valence-corrected chi connectivity index (χ2v) is 21.5. The minimum atomic E-state index is -4.54. The molecule has 0 saturated carbocycles. The zero-order valence-electron chi connectivity index (χ0n) is 44.8. The fourth-order valence-corrected chi connectivity index (χ4v) is 10.2. The lowest BCUT2D eigenvalue weighted by atomic mass is 9.77. The second-order valence-electron chi connectivity index (χ2n) is 21.5. The van der Waals surface area contributed by atoms with Gasteiger partial charge in [0.2, 0.25) is 11.7 Å². The first-order valence-electron chi connectivity index (χ1n) is 25.6. The second kappa shape index (κ2) is 23.2. The Morgan fingerprint density at radius 3 is 2.23 bits per heavy atom. The molecule has 2 fully saturated rings. The highest BCUT2D eigenvalue weighted by atomic mass is 19.4. The molecule has 6 aliphatic rings. The minimum absolute atomic E-state index is 0.0412. The molecular weight excluding hydrogens is 1030 g/mol. The summed E-state index contributed by atoms with van der Waals surface area (Å²) in [6, 6.07) is 4.21. The van der Waals surface area contributed by atoms with Crippen LogP contribution in [-0.4, -0.2) is 123 Å². The van der Waals surface area contributed by atoms with Crippen LogP contribution in [0.2, 0.25) is 0 Å². The Morgan fingerprint density at radius 1 is 0.910 bits per heavy atom. The highest BCUT2D eigenvalue weighted by molar-refractivity contribution is 6.30. The zero-order valence-corrected chi connectivity index (χ0v) is 44.8. The molecule has 1 aliphatic carbocycles. The van der Waals surface area contributed by atoms with E-state index in [-0.39, 0.29) is 54.4 Å². The molecule has 1 unspecified atom stereocenters. The molecule has 5 heterocycles. The quantitative estimate of drug-likeness (QED) is 0.158. The molecule has 8 rings (SSSR count). The maximum Gasteiger partial charge on any atom is 0.416 e. The van der Waals surface area contributed by atoms with Gasteiger partial charge in [0.05, 0.1) is 76.3 Å². The highest BCUT2D eigenvalue weighted by Crippen LogP contribution is 2.48. The molecule has 0 aromatic heterocycles. The number of rotatable bonds is 9. The van der Waals surface area contributed by atoms with Crippen molar-refractivity contribution in [3.05, 3.63) is 106 Å². The summed E-state index contributed by atoms with van der Waals surface area (Å²) in [5, 5.41) is 52.7. The van der Waals surface area contributed by atoms with E-state index in [1.165, 1.54) is 84.9 Å². The number of aliphatic hydroxyl groups excluding tert-OH is 3. The summed E-state index contributed by atoms with van der Waals surface area (Å²) in [6.07, 6.45) is -6.22. The van der Waals surface area contributed by atoms with Gasteiger partial charge in [-0.3, -0.25) is 28.8 Å². The van der Waals surface area contributed by atoms with Crippen molar-refractivity contribution in [2.45, 2.75) is 156 Å². The number of hydrogen-bond donors (Lipinski definition) is 6. The van der Waals surface area contributed by atoms with Crippen molar-refractivity contribution in [2.24, 2.45) is 29.1 Å². The van der Waals surface area contributed by atoms with Crippen molar-refractivity contribution < 1.29 is 95.5 Å². The molecule has 2 amide bonds. The number of benzene rings is 2. The highest BCUT2D eigenvalue weighted by Gasteiger charge is 2.52. The van der Waals surface area contributed by atoms with Crippen LogP contribution in [0.4, 0.5) is 13.2 Å². The van der Waals surface area contributed by atoms with Gasteiger partial charge in [0, 0.05) is 67.2 Å². The Morgan fingerprint density at radius 2 is 1.56 bits per heavy atom. The molecule has 5 aliphatic heterocycles. The first kappa shape index (κ1) is 59.4. The number of ketones is 3. The van der Waals surface area contributed by atoms with Gasteiger partial charge >= 0.3 is 17.9 Å². The fourth-order valence-electron chi connectivity index (χ4n) is 10.2. The van der Waals surface area contributed by atoms with Crippen LogP contribution in [-0.2, 0) is 55.5 Å². The number of aromatic hydroxyl groups is 1. The topological polar surface area (TPSA) is 272 Å². The summed E-state index contributed by atoms with van der Waals surface area (Å²) in [4.78, 5) is 82.9. The van der Waals surface area contributed by atoms with Gasteiger partial charge in [0.15, 0.2) is 12.1 Å². The van der Waals surface area contributed by atoms with Crippen LogP contribution in [0.15, 0.2) is 72.2 Å². The molecule has 2 aromatic carbocycles. The average Bonchev–Trinajstić information content (AvgIpc) is 4.06. The van der Waals surface area contributed by atoms with Gasteiger partial charge in [-0.1, -0.05) is 51.1 Å². The lowest BCUT2D eigenvalue weighted by Gasteiger charge is -2.40.